The Labute approximate surface area is 120 Å². The molecule has 1 aliphatic heterocycles. The van der Waals surface area contributed by atoms with Gasteiger partial charge < -0.3 is 9.84 Å². The van der Waals surface area contributed by atoms with Gasteiger partial charge in [0.1, 0.15) is 18.3 Å². The number of rotatable bonds is 4. The molecular formula is C14H15F2N3O2. The lowest BCUT2D eigenvalue weighted by Gasteiger charge is -2.29. The molecule has 0 spiro atoms. The molecule has 0 radical (unpaired) electrons. The van der Waals surface area contributed by atoms with Crippen LogP contribution >= 0.6 is 0 Å². The first kappa shape index (κ1) is 14.1. The molecule has 0 amide bonds. The van der Waals surface area contributed by atoms with Crippen molar-refractivity contribution in [1.29, 1.82) is 0 Å². The van der Waals surface area contributed by atoms with Crippen molar-refractivity contribution in [3.8, 4) is 0 Å². The maximum Gasteiger partial charge on any atom is 0.164 e. The van der Waals surface area contributed by atoms with Crippen LogP contribution in [0.2, 0.25) is 0 Å². The molecule has 2 aromatic rings. The van der Waals surface area contributed by atoms with Crippen molar-refractivity contribution in [1.82, 2.24) is 14.8 Å². The van der Waals surface area contributed by atoms with Crippen molar-refractivity contribution in [2.45, 2.75) is 18.6 Å². The third kappa shape index (κ3) is 2.54. The Bertz CT molecular complexity index is 621. The van der Waals surface area contributed by atoms with Crippen LogP contribution in [0, 0.1) is 17.6 Å². The molecule has 21 heavy (non-hydrogen) atoms. The summed E-state index contributed by atoms with van der Waals surface area (Å²) in [4.78, 5) is 3.85. The maximum absolute atomic E-state index is 14.2. The summed E-state index contributed by atoms with van der Waals surface area (Å²) in [5.41, 5.74) is -0.901. The van der Waals surface area contributed by atoms with E-state index in [2.05, 4.69) is 10.1 Å². The van der Waals surface area contributed by atoms with E-state index in [-0.39, 0.29) is 24.6 Å². The highest BCUT2D eigenvalue weighted by Crippen LogP contribution is 2.41. The number of hydrogen-bond acceptors (Lipinski definition) is 4. The zero-order valence-electron chi connectivity index (χ0n) is 11.2. The standard InChI is InChI=1S/C14H15F2N3O2/c15-12-3-1-2-11(13(12)16)14(4-10(5-20)6-21-14)7-19-9-17-8-18-19/h1-3,8-10,20H,4-7H2/t10-,14+/m1/s1. The van der Waals surface area contributed by atoms with E-state index in [1.54, 1.807) is 0 Å². The van der Waals surface area contributed by atoms with Gasteiger partial charge in [-0.25, -0.2) is 18.4 Å². The number of aliphatic hydroxyl groups is 1. The van der Waals surface area contributed by atoms with E-state index in [0.717, 1.165) is 6.07 Å². The smallest absolute Gasteiger partial charge is 0.164 e. The van der Waals surface area contributed by atoms with Gasteiger partial charge in [-0.05, 0) is 12.5 Å². The molecule has 7 heteroatoms. The number of halogens is 2. The molecule has 0 aliphatic carbocycles. The lowest BCUT2D eigenvalue weighted by molar-refractivity contribution is -0.0211. The van der Waals surface area contributed by atoms with E-state index >= 15 is 0 Å². The van der Waals surface area contributed by atoms with Crippen LogP contribution in [0.25, 0.3) is 0 Å². The van der Waals surface area contributed by atoms with Crippen molar-refractivity contribution >= 4 is 0 Å². The number of aliphatic hydroxyl groups excluding tert-OH is 1. The summed E-state index contributed by atoms with van der Waals surface area (Å²) in [5, 5.41) is 13.3. The van der Waals surface area contributed by atoms with Crippen LogP contribution in [0.1, 0.15) is 12.0 Å². The third-order valence-corrected chi connectivity index (χ3v) is 3.80. The molecule has 3 rings (SSSR count). The Morgan fingerprint density at radius 2 is 2.29 bits per heavy atom. The van der Waals surface area contributed by atoms with Gasteiger partial charge in [-0.3, -0.25) is 0 Å². The van der Waals surface area contributed by atoms with Gasteiger partial charge in [0.05, 0.1) is 13.2 Å². The minimum Gasteiger partial charge on any atom is -0.396 e. The van der Waals surface area contributed by atoms with Crippen molar-refractivity contribution in [2.24, 2.45) is 5.92 Å². The van der Waals surface area contributed by atoms with E-state index < -0.39 is 17.2 Å². The summed E-state index contributed by atoms with van der Waals surface area (Å²) in [7, 11) is 0. The molecule has 1 aliphatic rings. The minimum atomic E-state index is -1.05. The molecule has 2 heterocycles. The second kappa shape index (κ2) is 5.50. The largest absolute Gasteiger partial charge is 0.396 e. The fourth-order valence-corrected chi connectivity index (χ4v) is 2.79. The van der Waals surface area contributed by atoms with Crippen molar-refractivity contribution in [2.75, 3.05) is 13.2 Å². The maximum atomic E-state index is 14.2. The lowest BCUT2D eigenvalue weighted by Crippen LogP contribution is -2.33. The van der Waals surface area contributed by atoms with Gasteiger partial charge >= 0.3 is 0 Å². The zero-order valence-corrected chi connectivity index (χ0v) is 11.2. The first-order valence-corrected chi connectivity index (χ1v) is 6.66. The van der Waals surface area contributed by atoms with Crippen molar-refractivity contribution in [3.63, 3.8) is 0 Å². The zero-order chi connectivity index (χ0) is 14.9. The molecule has 0 saturated carbocycles. The highest BCUT2D eigenvalue weighted by molar-refractivity contribution is 5.27. The van der Waals surface area contributed by atoms with E-state index in [1.807, 2.05) is 0 Å². The Balaban J connectivity index is 2.02. The van der Waals surface area contributed by atoms with Crippen LogP contribution in [-0.2, 0) is 16.9 Å². The fourth-order valence-electron chi connectivity index (χ4n) is 2.79. The molecule has 0 bridgehead atoms. The summed E-state index contributed by atoms with van der Waals surface area (Å²) < 4.78 is 35.0. The normalized spacial score (nSPS) is 25.4. The second-order valence-electron chi connectivity index (χ2n) is 5.25. The Morgan fingerprint density at radius 3 is 2.95 bits per heavy atom. The highest BCUT2D eigenvalue weighted by Gasteiger charge is 2.44. The Morgan fingerprint density at radius 1 is 1.43 bits per heavy atom. The number of nitrogens with zero attached hydrogens (tertiary/aromatic N) is 3. The Kier molecular flexibility index (Phi) is 3.69. The average Bonchev–Trinajstić information content (AvgIpc) is 3.12. The van der Waals surface area contributed by atoms with Crippen LogP contribution in [-0.4, -0.2) is 33.1 Å². The van der Waals surface area contributed by atoms with Gasteiger partial charge in [-0.1, -0.05) is 12.1 Å². The second-order valence-corrected chi connectivity index (χ2v) is 5.25. The van der Waals surface area contributed by atoms with Gasteiger partial charge in [-0.15, -0.1) is 0 Å². The van der Waals surface area contributed by atoms with Gasteiger partial charge in [-0.2, -0.15) is 5.10 Å². The molecule has 1 saturated heterocycles. The minimum absolute atomic E-state index is 0.0595. The van der Waals surface area contributed by atoms with Crippen LogP contribution in [0.15, 0.2) is 30.9 Å². The van der Waals surface area contributed by atoms with E-state index in [4.69, 9.17) is 4.74 Å². The molecule has 0 unspecified atom stereocenters. The first-order chi connectivity index (χ1) is 10.1. The van der Waals surface area contributed by atoms with Gasteiger partial charge in [0, 0.05) is 18.1 Å². The van der Waals surface area contributed by atoms with Crippen LogP contribution in [0.4, 0.5) is 8.78 Å². The summed E-state index contributed by atoms with van der Waals surface area (Å²) in [5.74, 6) is -1.95. The summed E-state index contributed by atoms with van der Waals surface area (Å²) in [6, 6.07) is 4.03. The highest BCUT2D eigenvalue weighted by atomic mass is 19.2. The predicted octanol–water partition coefficient (Wildman–Crippen LogP) is 1.48. The van der Waals surface area contributed by atoms with Gasteiger partial charge in [0.2, 0.25) is 0 Å². The summed E-state index contributed by atoms with van der Waals surface area (Å²) >= 11 is 0. The van der Waals surface area contributed by atoms with E-state index in [1.165, 1.54) is 29.5 Å². The summed E-state index contributed by atoms with van der Waals surface area (Å²) in [6.07, 6.45) is 3.26. The topological polar surface area (TPSA) is 60.2 Å². The molecule has 2 atom stereocenters. The lowest BCUT2D eigenvalue weighted by atomic mass is 9.87. The van der Waals surface area contributed by atoms with Gasteiger partial charge in [0.15, 0.2) is 11.6 Å². The fraction of sp³-hybridized carbons (Fsp3) is 0.429. The van der Waals surface area contributed by atoms with E-state index in [0.29, 0.717) is 13.0 Å². The quantitative estimate of drug-likeness (QED) is 0.928. The van der Waals surface area contributed by atoms with E-state index in [9.17, 15) is 13.9 Å². The first-order valence-electron chi connectivity index (χ1n) is 6.66. The molecule has 1 aromatic carbocycles. The molecule has 1 fully saturated rings. The van der Waals surface area contributed by atoms with Crippen molar-refractivity contribution in [3.05, 3.63) is 48.1 Å². The predicted molar refractivity (Wildman–Crippen MR) is 69.2 cm³/mol. The molecule has 5 nitrogen and oxygen atoms in total. The summed E-state index contributed by atoms with van der Waals surface area (Å²) in [6.45, 7) is 0.446. The average molecular weight is 295 g/mol. The third-order valence-electron chi connectivity index (χ3n) is 3.80. The molecular weight excluding hydrogens is 280 g/mol. The molecule has 1 aromatic heterocycles. The SMILES string of the molecule is OC[C@@H]1CO[C@@](Cn2cncn2)(c2cccc(F)c2F)C1. The molecule has 1 N–H and O–H groups in total. The number of benzene rings is 1. The van der Waals surface area contributed by atoms with Gasteiger partial charge in [0.25, 0.3) is 0 Å². The number of ether oxygens (including phenoxy) is 1. The van der Waals surface area contributed by atoms with Crippen LogP contribution < -0.4 is 0 Å². The van der Waals surface area contributed by atoms with Crippen LogP contribution in [0.3, 0.4) is 0 Å². The van der Waals surface area contributed by atoms with Crippen LogP contribution in [0.5, 0.6) is 0 Å². The Hall–Kier alpha value is -1.86. The molecule has 112 valence electrons. The number of hydrogen-bond donors (Lipinski definition) is 1. The monoisotopic (exact) mass is 295 g/mol. The van der Waals surface area contributed by atoms with Crippen molar-refractivity contribution < 1.29 is 18.6 Å². The number of aromatic nitrogens is 3.